The van der Waals surface area contributed by atoms with Gasteiger partial charge in [0.1, 0.15) is 0 Å². The third-order valence-corrected chi connectivity index (χ3v) is 5.16. The number of hydrogen-bond donors (Lipinski definition) is 0. The van der Waals surface area contributed by atoms with Crippen LogP contribution in [0.2, 0.25) is 5.32 Å². The van der Waals surface area contributed by atoms with Gasteiger partial charge in [-0.3, -0.25) is 0 Å². The summed E-state index contributed by atoms with van der Waals surface area (Å²) in [5, 5.41) is 1.29. The molecule has 0 amide bonds. The number of hydrogen-bond acceptors (Lipinski definition) is 1. The van der Waals surface area contributed by atoms with Crippen molar-refractivity contribution in [2.75, 3.05) is 20.6 Å². The first kappa shape index (κ1) is 16.2. The van der Waals surface area contributed by atoms with Crippen molar-refractivity contribution in [2.45, 2.75) is 30.8 Å². The number of nitrogens with zero attached hydrogens (tertiary/aromatic N) is 1. The topological polar surface area (TPSA) is 9.23 Å². The van der Waals surface area contributed by atoms with E-state index in [2.05, 4.69) is 44.4 Å². The van der Waals surface area contributed by atoms with E-state index in [0.717, 1.165) is 17.4 Å². The van der Waals surface area contributed by atoms with Crippen LogP contribution < -0.4 is 17.0 Å². The zero-order valence-electron chi connectivity index (χ0n) is 11.1. The molecular weight excluding hydrogens is 357 g/mol. The van der Waals surface area contributed by atoms with Crippen molar-refractivity contribution < 1.29 is 25.3 Å². The maximum atomic E-state index is 5.97. The minimum Gasteiger partial charge on any atom is -1.00 e. The van der Waals surface area contributed by atoms with Gasteiger partial charge in [0.25, 0.3) is 0 Å². The molecule has 1 aromatic rings. The molecule has 0 N–H and O–H groups in total. The summed E-state index contributed by atoms with van der Waals surface area (Å²) in [7, 11) is 4.60. The van der Waals surface area contributed by atoms with Gasteiger partial charge in [-0.1, -0.05) is 0 Å². The van der Waals surface area contributed by atoms with Crippen LogP contribution in [0.1, 0.15) is 18.4 Å². The molecule has 18 heavy (non-hydrogen) atoms. The molecule has 1 aliphatic heterocycles. The molecule has 4 heteroatoms. The van der Waals surface area contributed by atoms with E-state index in [4.69, 9.17) is 3.82 Å². The Morgan fingerprint density at radius 2 is 2.00 bits per heavy atom. The molecule has 0 bridgehead atoms. The van der Waals surface area contributed by atoms with Gasteiger partial charge in [-0.2, -0.15) is 0 Å². The standard InChI is InChI=1S/C14H22NOSe.BrH/c1-15(2,14-9-6-12-17-16-14)11-10-13-7-4-3-5-8-13;/h3-5,7-8,14H,6,9-12H2,1-2H3;1H/q+1;/p-1. The third-order valence-electron chi connectivity index (χ3n) is 3.46. The second kappa shape index (κ2) is 7.66. The van der Waals surface area contributed by atoms with E-state index in [1.807, 2.05) is 0 Å². The predicted octanol–water partition coefficient (Wildman–Crippen LogP) is -0.516. The Labute approximate surface area is 128 Å². The first-order valence-electron chi connectivity index (χ1n) is 6.33. The molecule has 1 atom stereocenters. The number of rotatable bonds is 4. The summed E-state index contributed by atoms with van der Waals surface area (Å²) in [5.74, 6) is 0. The van der Waals surface area contributed by atoms with Gasteiger partial charge in [0.15, 0.2) is 0 Å². The van der Waals surface area contributed by atoms with E-state index in [9.17, 15) is 0 Å². The van der Waals surface area contributed by atoms with E-state index < -0.39 is 0 Å². The van der Waals surface area contributed by atoms with Crippen LogP contribution in [-0.4, -0.2) is 46.6 Å². The number of benzene rings is 1. The van der Waals surface area contributed by atoms with Crippen molar-refractivity contribution in [2.24, 2.45) is 0 Å². The fourth-order valence-electron chi connectivity index (χ4n) is 2.16. The molecule has 0 aliphatic carbocycles. The Kier molecular flexibility index (Phi) is 6.89. The molecule has 0 radical (unpaired) electrons. The molecule has 1 fully saturated rings. The maximum absolute atomic E-state index is 5.97. The van der Waals surface area contributed by atoms with Gasteiger partial charge < -0.3 is 17.0 Å². The summed E-state index contributed by atoms with van der Waals surface area (Å²) in [5.41, 5.74) is 1.43. The van der Waals surface area contributed by atoms with Gasteiger partial charge in [0, 0.05) is 0 Å². The zero-order valence-corrected chi connectivity index (χ0v) is 14.4. The first-order valence-corrected chi connectivity index (χ1v) is 8.24. The number of quaternary nitrogens is 1. The van der Waals surface area contributed by atoms with Gasteiger partial charge >= 0.3 is 111 Å². The first-order chi connectivity index (χ1) is 8.18. The average Bonchev–Trinajstić information content (AvgIpc) is 2.39. The van der Waals surface area contributed by atoms with Crippen molar-refractivity contribution in [3.63, 3.8) is 0 Å². The van der Waals surface area contributed by atoms with Crippen LogP contribution in [0.15, 0.2) is 30.3 Å². The molecule has 0 aromatic heterocycles. The monoisotopic (exact) mass is 379 g/mol. The summed E-state index contributed by atoms with van der Waals surface area (Å²) in [6, 6.07) is 10.7. The van der Waals surface area contributed by atoms with Gasteiger partial charge in [-0.05, 0) is 0 Å². The van der Waals surface area contributed by atoms with Crippen molar-refractivity contribution >= 4 is 15.3 Å². The van der Waals surface area contributed by atoms with Crippen LogP contribution in [-0.2, 0) is 10.2 Å². The van der Waals surface area contributed by atoms with Crippen LogP contribution in [0.3, 0.4) is 0 Å². The van der Waals surface area contributed by atoms with Gasteiger partial charge in [0.05, 0.1) is 0 Å². The fourth-order valence-corrected chi connectivity index (χ4v) is 3.98. The summed E-state index contributed by atoms with van der Waals surface area (Å²) in [4.78, 5) is 0. The van der Waals surface area contributed by atoms with Crippen molar-refractivity contribution in [1.29, 1.82) is 0 Å². The summed E-state index contributed by atoms with van der Waals surface area (Å²) in [6.45, 7) is 1.16. The Morgan fingerprint density at radius 3 is 2.61 bits per heavy atom. The SMILES string of the molecule is C[N+](C)(CCc1ccccc1)C1CCC[Se]O1.[Br-]. The van der Waals surface area contributed by atoms with E-state index in [-0.39, 0.29) is 17.0 Å². The summed E-state index contributed by atoms with van der Waals surface area (Å²) < 4.78 is 6.96. The Morgan fingerprint density at radius 1 is 1.28 bits per heavy atom. The second-order valence-corrected chi connectivity index (χ2v) is 7.01. The average molecular weight is 379 g/mol. The normalized spacial score (nSPS) is 20.2. The van der Waals surface area contributed by atoms with Crippen molar-refractivity contribution in [3.8, 4) is 0 Å². The van der Waals surface area contributed by atoms with Crippen LogP contribution in [0.25, 0.3) is 0 Å². The maximum Gasteiger partial charge on any atom is -1.00 e. The van der Waals surface area contributed by atoms with Crippen LogP contribution in [0.4, 0.5) is 0 Å². The van der Waals surface area contributed by atoms with Crippen molar-refractivity contribution in [3.05, 3.63) is 35.9 Å². The van der Waals surface area contributed by atoms with Crippen LogP contribution in [0, 0.1) is 0 Å². The molecule has 0 spiro atoms. The molecule has 1 aromatic carbocycles. The van der Waals surface area contributed by atoms with Crippen LogP contribution >= 0.6 is 0 Å². The third kappa shape index (κ3) is 4.67. The van der Waals surface area contributed by atoms with E-state index >= 15 is 0 Å². The molecule has 1 saturated heterocycles. The van der Waals surface area contributed by atoms with Gasteiger partial charge in [0.2, 0.25) is 0 Å². The summed E-state index contributed by atoms with van der Waals surface area (Å²) in [6.07, 6.45) is 4.13. The molecule has 2 nitrogen and oxygen atoms in total. The number of halogens is 1. The molecular formula is C14H22BrNOSe. The van der Waals surface area contributed by atoms with Crippen molar-refractivity contribution in [1.82, 2.24) is 0 Å². The zero-order chi connectivity index (χ0) is 12.1. The Bertz CT molecular complexity index is 339. The molecule has 1 heterocycles. The van der Waals surface area contributed by atoms with Gasteiger partial charge in [-0.15, -0.1) is 0 Å². The molecule has 0 saturated carbocycles. The number of likely N-dealkylation sites (N-methyl/N-ethyl adjacent to an activating group) is 1. The quantitative estimate of drug-likeness (QED) is 0.506. The molecule has 102 valence electrons. The molecule has 1 unspecified atom stereocenters. The van der Waals surface area contributed by atoms with Gasteiger partial charge in [-0.25, -0.2) is 0 Å². The van der Waals surface area contributed by atoms with E-state index in [0.29, 0.717) is 21.5 Å². The Balaban J connectivity index is 0.00000162. The minimum atomic E-state index is 0. The van der Waals surface area contributed by atoms with E-state index in [1.54, 1.807) is 0 Å². The molecule has 1 aliphatic rings. The summed E-state index contributed by atoms with van der Waals surface area (Å²) >= 11 is 0.422. The molecule has 2 rings (SSSR count). The minimum absolute atomic E-state index is 0. The fraction of sp³-hybridized carbons (Fsp3) is 0.571. The smallest absolute Gasteiger partial charge is 1.00 e. The van der Waals surface area contributed by atoms with Crippen LogP contribution in [0.5, 0.6) is 0 Å². The second-order valence-electron chi connectivity index (χ2n) is 5.25. The van der Waals surface area contributed by atoms with E-state index in [1.165, 1.54) is 23.7 Å². The predicted molar refractivity (Wildman–Crippen MR) is 71.8 cm³/mol. The Hall–Kier alpha value is 0.139. The largest absolute Gasteiger partial charge is 1.00 e.